The summed E-state index contributed by atoms with van der Waals surface area (Å²) in [6.07, 6.45) is 0.353. The molecule has 0 bridgehead atoms. The molecule has 1 aromatic rings. The predicted octanol–water partition coefficient (Wildman–Crippen LogP) is 1.57. The molecule has 0 amide bonds. The summed E-state index contributed by atoms with van der Waals surface area (Å²) in [5, 5.41) is 0. The van der Waals surface area contributed by atoms with Crippen LogP contribution in [0.4, 0.5) is 5.69 Å². The van der Waals surface area contributed by atoms with E-state index >= 15 is 0 Å². The van der Waals surface area contributed by atoms with Gasteiger partial charge in [0.25, 0.3) is 0 Å². The predicted molar refractivity (Wildman–Crippen MR) is 79.1 cm³/mol. The van der Waals surface area contributed by atoms with Crippen molar-refractivity contribution in [1.82, 2.24) is 0 Å². The minimum absolute atomic E-state index is 0.0871. The second-order valence-corrected chi connectivity index (χ2v) is 7.85. The molecule has 0 spiro atoms. The molecule has 0 unspecified atom stereocenters. The van der Waals surface area contributed by atoms with E-state index in [2.05, 4.69) is 0 Å². The monoisotopic (exact) mass is 299 g/mol. The molecular weight excluding hydrogens is 278 g/mol. The molecule has 0 heterocycles. The first-order chi connectivity index (χ1) is 9.07. The zero-order valence-corrected chi connectivity index (χ0v) is 12.9. The van der Waals surface area contributed by atoms with Crippen molar-refractivity contribution in [2.24, 2.45) is 0 Å². The lowest BCUT2D eigenvalue weighted by molar-refractivity contribution is -0.151. The molecule has 2 N–H and O–H groups in total. The molecule has 0 fully saturated rings. The fraction of sp³-hybridized carbons (Fsp3) is 0.500. The Morgan fingerprint density at radius 3 is 2.25 bits per heavy atom. The van der Waals surface area contributed by atoms with Gasteiger partial charge in [-0.1, -0.05) is 12.1 Å². The lowest BCUT2D eigenvalue weighted by Gasteiger charge is -2.19. The number of nitrogens with two attached hydrogens (primary N) is 1. The molecule has 112 valence electrons. The highest BCUT2D eigenvalue weighted by molar-refractivity contribution is 7.92. The van der Waals surface area contributed by atoms with Crippen LogP contribution in [0.25, 0.3) is 0 Å². The minimum atomic E-state index is -3.47. The summed E-state index contributed by atoms with van der Waals surface area (Å²) in [5.41, 5.74) is 6.37. The largest absolute Gasteiger partial charge is 0.459 e. The molecule has 0 aliphatic rings. The summed E-state index contributed by atoms with van der Waals surface area (Å²) in [7, 11) is -3.47. The van der Waals surface area contributed by atoms with E-state index in [0.29, 0.717) is 12.1 Å². The number of hydrogen-bond donors (Lipinski definition) is 1. The van der Waals surface area contributed by atoms with Crippen LogP contribution in [0.15, 0.2) is 24.3 Å². The number of carbonyl (C=O) groups excluding carboxylic acids is 1. The Bertz CT molecular complexity index is 556. The van der Waals surface area contributed by atoms with Crippen molar-refractivity contribution in [2.75, 3.05) is 17.2 Å². The SMILES string of the molecule is CC(C)(C)OC(=O)CS(=O)(=O)CCc1ccc(N)cc1. The van der Waals surface area contributed by atoms with Crippen molar-refractivity contribution in [2.45, 2.75) is 32.8 Å². The van der Waals surface area contributed by atoms with Gasteiger partial charge in [0, 0.05) is 5.69 Å². The van der Waals surface area contributed by atoms with E-state index in [0.717, 1.165) is 5.56 Å². The maximum Gasteiger partial charge on any atom is 0.321 e. The quantitative estimate of drug-likeness (QED) is 0.658. The number of hydrogen-bond acceptors (Lipinski definition) is 5. The maximum atomic E-state index is 11.8. The van der Waals surface area contributed by atoms with E-state index in [1.165, 1.54) is 0 Å². The number of benzene rings is 1. The molecule has 1 rings (SSSR count). The smallest absolute Gasteiger partial charge is 0.321 e. The molecule has 0 aliphatic carbocycles. The Hall–Kier alpha value is -1.56. The first-order valence-electron chi connectivity index (χ1n) is 6.34. The van der Waals surface area contributed by atoms with Gasteiger partial charge in [-0.3, -0.25) is 4.79 Å². The maximum absolute atomic E-state index is 11.8. The summed E-state index contributed by atoms with van der Waals surface area (Å²) in [5.74, 6) is -1.38. The second kappa shape index (κ2) is 6.26. The number of sulfone groups is 1. The zero-order valence-electron chi connectivity index (χ0n) is 12.0. The second-order valence-electron chi connectivity index (χ2n) is 5.67. The van der Waals surface area contributed by atoms with Crippen LogP contribution in [-0.2, 0) is 25.8 Å². The molecule has 0 aliphatic heterocycles. The van der Waals surface area contributed by atoms with Gasteiger partial charge in [0.1, 0.15) is 11.4 Å². The van der Waals surface area contributed by atoms with Crippen molar-refractivity contribution in [3.05, 3.63) is 29.8 Å². The number of ether oxygens (including phenoxy) is 1. The number of nitrogen functional groups attached to an aromatic ring is 1. The third-order valence-electron chi connectivity index (χ3n) is 2.44. The van der Waals surface area contributed by atoms with Crippen molar-refractivity contribution >= 4 is 21.5 Å². The van der Waals surface area contributed by atoms with Gasteiger partial charge in [-0.05, 0) is 44.9 Å². The van der Waals surface area contributed by atoms with Gasteiger partial charge in [0.15, 0.2) is 9.84 Å². The number of rotatable bonds is 5. The van der Waals surface area contributed by atoms with E-state index < -0.39 is 27.2 Å². The number of esters is 1. The third-order valence-corrected chi connectivity index (χ3v) is 3.94. The van der Waals surface area contributed by atoms with Crippen LogP contribution in [0, 0.1) is 0 Å². The Labute approximate surface area is 120 Å². The van der Waals surface area contributed by atoms with Crippen molar-refractivity contribution in [3.63, 3.8) is 0 Å². The molecule has 0 atom stereocenters. The lowest BCUT2D eigenvalue weighted by atomic mass is 10.2. The van der Waals surface area contributed by atoms with E-state index in [1.807, 2.05) is 0 Å². The lowest BCUT2D eigenvalue weighted by Crippen LogP contribution is -2.29. The molecule has 20 heavy (non-hydrogen) atoms. The average molecular weight is 299 g/mol. The molecule has 6 heteroatoms. The third kappa shape index (κ3) is 6.56. The molecule has 5 nitrogen and oxygen atoms in total. The fourth-order valence-corrected chi connectivity index (χ4v) is 2.69. The number of aryl methyl sites for hydroxylation is 1. The Kier molecular flexibility index (Phi) is 5.16. The summed E-state index contributed by atoms with van der Waals surface area (Å²) in [6.45, 7) is 5.10. The fourth-order valence-electron chi connectivity index (χ4n) is 1.58. The van der Waals surface area contributed by atoms with Crippen LogP contribution in [0.1, 0.15) is 26.3 Å². The normalized spacial score (nSPS) is 12.2. The Morgan fingerprint density at radius 2 is 1.75 bits per heavy atom. The first-order valence-corrected chi connectivity index (χ1v) is 8.16. The molecule has 0 saturated carbocycles. The summed E-state index contributed by atoms with van der Waals surface area (Å²) >= 11 is 0. The van der Waals surface area contributed by atoms with Crippen molar-refractivity contribution in [1.29, 1.82) is 0 Å². The van der Waals surface area contributed by atoms with Gasteiger partial charge < -0.3 is 10.5 Å². The van der Waals surface area contributed by atoms with E-state index in [4.69, 9.17) is 10.5 Å². The molecule has 0 saturated heterocycles. The van der Waals surface area contributed by atoms with Gasteiger partial charge in [0.2, 0.25) is 0 Å². The van der Waals surface area contributed by atoms with Gasteiger partial charge in [-0.2, -0.15) is 0 Å². The Morgan fingerprint density at radius 1 is 1.20 bits per heavy atom. The summed E-state index contributed by atoms with van der Waals surface area (Å²) in [6, 6.07) is 6.99. The summed E-state index contributed by atoms with van der Waals surface area (Å²) < 4.78 is 28.7. The van der Waals surface area contributed by atoms with E-state index in [-0.39, 0.29) is 5.75 Å². The van der Waals surface area contributed by atoms with Gasteiger partial charge in [0.05, 0.1) is 5.75 Å². The molecule has 0 radical (unpaired) electrons. The van der Waals surface area contributed by atoms with Crippen LogP contribution in [0.3, 0.4) is 0 Å². The highest BCUT2D eigenvalue weighted by atomic mass is 32.2. The highest BCUT2D eigenvalue weighted by Crippen LogP contribution is 2.10. The van der Waals surface area contributed by atoms with E-state index in [9.17, 15) is 13.2 Å². The summed E-state index contributed by atoms with van der Waals surface area (Å²) in [4.78, 5) is 11.5. The molecular formula is C14H21NO4S. The van der Waals surface area contributed by atoms with Gasteiger partial charge in [-0.25, -0.2) is 8.42 Å². The van der Waals surface area contributed by atoms with Crippen LogP contribution >= 0.6 is 0 Å². The van der Waals surface area contributed by atoms with Crippen molar-refractivity contribution in [3.8, 4) is 0 Å². The average Bonchev–Trinajstić information content (AvgIpc) is 2.24. The standard InChI is InChI=1S/C14H21NO4S/c1-14(2,3)19-13(16)10-20(17,18)9-8-11-4-6-12(15)7-5-11/h4-7H,8-10,15H2,1-3H3. The van der Waals surface area contributed by atoms with Gasteiger partial charge >= 0.3 is 5.97 Å². The van der Waals surface area contributed by atoms with E-state index in [1.54, 1.807) is 45.0 Å². The van der Waals surface area contributed by atoms with Crippen LogP contribution in [-0.4, -0.2) is 31.5 Å². The number of anilines is 1. The molecule has 0 aromatic heterocycles. The number of carbonyl (C=O) groups is 1. The van der Waals surface area contributed by atoms with Crippen LogP contribution < -0.4 is 5.73 Å². The van der Waals surface area contributed by atoms with Crippen LogP contribution in [0.5, 0.6) is 0 Å². The Balaban J connectivity index is 2.53. The zero-order chi connectivity index (χ0) is 15.4. The van der Waals surface area contributed by atoms with Gasteiger partial charge in [-0.15, -0.1) is 0 Å². The topological polar surface area (TPSA) is 86.5 Å². The highest BCUT2D eigenvalue weighted by Gasteiger charge is 2.22. The first kappa shape index (κ1) is 16.5. The van der Waals surface area contributed by atoms with Crippen molar-refractivity contribution < 1.29 is 17.9 Å². The van der Waals surface area contributed by atoms with Crippen LogP contribution in [0.2, 0.25) is 0 Å². The minimum Gasteiger partial charge on any atom is -0.459 e. The molecule has 1 aromatic carbocycles.